The molecule has 1 aromatic rings. The Balaban J connectivity index is 0.00000361. The van der Waals surface area contributed by atoms with Gasteiger partial charge in [0.25, 0.3) is 0 Å². The summed E-state index contributed by atoms with van der Waals surface area (Å²) >= 11 is 0. The topological polar surface area (TPSA) is 58.4 Å². The molecule has 1 amide bonds. The molecule has 0 spiro atoms. The molecule has 0 aromatic heterocycles. The van der Waals surface area contributed by atoms with Crippen molar-refractivity contribution < 1.29 is 4.79 Å². The van der Waals surface area contributed by atoms with E-state index in [0.29, 0.717) is 19.6 Å². The van der Waals surface area contributed by atoms with Crippen molar-refractivity contribution in [1.29, 1.82) is 0 Å². The Morgan fingerprint density at radius 2 is 2.00 bits per heavy atom. The summed E-state index contributed by atoms with van der Waals surface area (Å²) < 4.78 is 0. The Bertz CT molecular complexity index is 384. The van der Waals surface area contributed by atoms with Gasteiger partial charge in [-0.05, 0) is 12.0 Å². The van der Waals surface area contributed by atoms with E-state index >= 15 is 0 Å². The number of carbonyl (C=O) groups is 1. The Kier molecular flexibility index (Phi) is 10.7. The quantitative estimate of drug-likeness (QED) is 0.674. The lowest BCUT2D eigenvalue weighted by Crippen LogP contribution is -2.40. The molecule has 0 aliphatic carbocycles. The van der Waals surface area contributed by atoms with Crippen LogP contribution in [0.15, 0.2) is 43.0 Å². The first-order valence-electron chi connectivity index (χ1n) is 6.60. The molecule has 20 heavy (non-hydrogen) atoms. The SMILES string of the molecule is C=CCNC(=O)CN(CCN)CCc1ccccc1.Cl. The molecule has 0 bridgehead atoms. The van der Waals surface area contributed by atoms with Gasteiger partial charge in [-0.15, -0.1) is 19.0 Å². The van der Waals surface area contributed by atoms with Crippen LogP contribution in [0.25, 0.3) is 0 Å². The molecule has 5 heteroatoms. The Morgan fingerprint density at radius 1 is 1.30 bits per heavy atom. The molecule has 0 aliphatic rings. The van der Waals surface area contributed by atoms with E-state index in [2.05, 4.69) is 28.9 Å². The summed E-state index contributed by atoms with van der Waals surface area (Å²) in [4.78, 5) is 13.7. The van der Waals surface area contributed by atoms with E-state index < -0.39 is 0 Å². The molecule has 1 aromatic carbocycles. The van der Waals surface area contributed by atoms with Crippen LogP contribution in [0.5, 0.6) is 0 Å². The zero-order chi connectivity index (χ0) is 13.9. The number of hydrogen-bond donors (Lipinski definition) is 2. The highest BCUT2D eigenvalue weighted by Crippen LogP contribution is 2.01. The zero-order valence-electron chi connectivity index (χ0n) is 11.8. The van der Waals surface area contributed by atoms with Gasteiger partial charge in [-0.3, -0.25) is 9.69 Å². The van der Waals surface area contributed by atoms with E-state index in [1.54, 1.807) is 6.08 Å². The van der Waals surface area contributed by atoms with Gasteiger partial charge in [0.2, 0.25) is 5.91 Å². The highest BCUT2D eigenvalue weighted by molar-refractivity contribution is 5.85. The Hall–Kier alpha value is -1.36. The number of carbonyl (C=O) groups excluding carboxylic acids is 1. The molecule has 112 valence electrons. The van der Waals surface area contributed by atoms with Crippen molar-refractivity contribution in [2.45, 2.75) is 6.42 Å². The third-order valence-electron chi connectivity index (χ3n) is 2.82. The minimum absolute atomic E-state index is 0. The second kappa shape index (κ2) is 11.5. The first kappa shape index (κ1) is 18.6. The van der Waals surface area contributed by atoms with E-state index in [1.165, 1.54) is 5.56 Å². The monoisotopic (exact) mass is 297 g/mol. The zero-order valence-corrected chi connectivity index (χ0v) is 12.6. The van der Waals surface area contributed by atoms with Gasteiger partial charge in [0, 0.05) is 26.2 Å². The van der Waals surface area contributed by atoms with Crippen molar-refractivity contribution in [2.24, 2.45) is 5.73 Å². The van der Waals surface area contributed by atoms with Crippen molar-refractivity contribution in [2.75, 3.05) is 32.7 Å². The largest absolute Gasteiger partial charge is 0.352 e. The molecule has 0 heterocycles. The van der Waals surface area contributed by atoms with E-state index in [0.717, 1.165) is 19.5 Å². The van der Waals surface area contributed by atoms with Gasteiger partial charge in [0.05, 0.1) is 6.54 Å². The molecule has 3 N–H and O–H groups in total. The van der Waals surface area contributed by atoms with E-state index in [4.69, 9.17) is 5.73 Å². The lowest BCUT2D eigenvalue weighted by Gasteiger charge is -2.20. The van der Waals surface area contributed by atoms with Crippen molar-refractivity contribution in [3.63, 3.8) is 0 Å². The van der Waals surface area contributed by atoms with Crippen LogP contribution in [-0.4, -0.2) is 43.5 Å². The first-order valence-corrected chi connectivity index (χ1v) is 6.60. The molecule has 0 fully saturated rings. The summed E-state index contributed by atoms with van der Waals surface area (Å²) in [7, 11) is 0. The standard InChI is InChI=1S/C15H23N3O.ClH/c1-2-10-17-15(19)13-18(12-9-16)11-8-14-6-4-3-5-7-14;/h2-7H,1,8-13,16H2,(H,17,19);1H. The van der Waals surface area contributed by atoms with Crippen LogP contribution in [0.4, 0.5) is 0 Å². The van der Waals surface area contributed by atoms with Gasteiger partial charge in [0.15, 0.2) is 0 Å². The van der Waals surface area contributed by atoms with Gasteiger partial charge >= 0.3 is 0 Å². The average molecular weight is 298 g/mol. The van der Waals surface area contributed by atoms with Crippen molar-refractivity contribution in [3.8, 4) is 0 Å². The number of nitrogens with one attached hydrogen (secondary N) is 1. The number of hydrogen-bond acceptors (Lipinski definition) is 3. The van der Waals surface area contributed by atoms with Gasteiger partial charge in [-0.1, -0.05) is 36.4 Å². The highest BCUT2D eigenvalue weighted by atomic mass is 35.5. The van der Waals surface area contributed by atoms with Crippen LogP contribution in [0.1, 0.15) is 5.56 Å². The maximum atomic E-state index is 11.7. The van der Waals surface area contributed by atoms with E-state index in [1.807, 2.05) is 18.2 Å². The minimum atomic E-state index is 0. The predicted octanol–water partition coefficient (Wildman–Crippen LogP) is 1.21. The molecule has 0 saturated carbocycles. The summed E-state index contributed by atoms with van der Waals surface area (Å²) in [6.07, 6.45) is 2.60. The number of nitrogens with zero attached hydrogens (tertiary/aromatic N) is 1. The first-order chi connectivity index (χ1) is 9.26. The minimum Gasteiger partial charge on any atom is -0.352 e. The fourth-order valence-corrected chi connectivity index (χ4v) is 1.83. The van der Waals surface area contributed by atoms with Crippen LogP contribution in [0.3, 0.4) is 0 Å². The second-order valence-corrected chi connectivity index (χ2v) is 4.39. The van der Waals surface area contributed by atoms with Crippen LogP contribution in [0, 0.1) is 0 Å². The van der Waals surface area contributed by atoms with Gasteiger partial charge in [-0.25, -0.2) is 0 Å². The van der Waals surface area contributed by atoms with E-state index in [9.17, 15) is 4.79 Å². The van der Waals surface area contributed by atoms with Crippen LogP contribution < -0.4 is 11.1 Å². The number of nitrogens with two attached hydrogens (primary N) is 1. The van der Waals surface area contributed by atoms with Gasteiger partial charge in [-0.2, -0.15) is 0 Å². The fourth-order valence-electron chi connectivity index (χ4n) is 1.83. The fraction of sp³-hybridized carbons (Fsp3) is 0.400. The maximum Gasteiger partial charge on any atom is 0.234 e. The highest BCUT2D eigenvalue weighted by Gasteiger charge is 2.09. The third-order valence-corrected chi connectivity index (χ3v) is 2.82. The number of amides is 1. The molecular formula is C15H24ClN3O. The molecule has 4 nitrogen and oxygen atoms in total. The summed E-state index contributed by atoms with van der Waals surface area (Å²) in [5.74, 6) is 0.0152. The van der Waals surface area contributed by atoms with Crippen molar-refractivity contribution in [1.82, 2.24) is 10.2 Å². The molecule has 0 saturated heterocycles. The Labute approximate surface area is 127 Å². The lowest BCUT2D eigenvalue weighted by atomic mass is 10.1. The molecular weight excluding hydrogens is 274 g/mol. The van der Waals surface area contributed by atoms with Crippen LogP contribution >= 0.6 is 12.4 Å². The lowest BCUT2D eigenvalue weighted by molar-refractivity contribution is -0.122. The van der Waals surface area contributed by atoms with Crippen molar-refractivity contribution in [3.05, 3.63) is 48.6 Å². The molecule has 0 unspecified atom stereocenters. The number of rotatable bonds is 9. The van der Waals surface area contributed by atoms with Crippen molar-refractivity contribution >= 4 is 18.3 Å². The number of halogens is 1. The molecule has 0 atom stereocenters. The summed E-state index contributed by atoms with van der Waals surface area (Å²) in [5, 5.41) is 2.78. The Morgan fingerprint density at radius 3 is 2.60 bits per heavy atom. The summed E-state index contributed by atoms with van der Waals surface area (Å²) in [6.45, 7) is 6.60. The van der Waals surface area contributed by atoms with Gasteiger partial charge in [0.1, 0.15) is 0 Å². The van der Waals surface area contributed by atoms with E-state index in [-0.39, 0.29) is 18.3 Å². The average Bonchev–Trinajstić information content (AvgIpc) is 2.44. The predicted molar refractivity (Wildman–Crippen MR) is 86.1 cm³/mol. The van der Waals surface area contributed by atoms with Crippen LogP contribution in [0.2, 0.25) is 0 Å². The molecule has 0 aliphatic heterocycles. The summed E-state index contributed by atoms with van der Waals surface area (Å²) in [6, 6.07) is 10.2. The smallest absolute Gasteiger partial charge is 0.234 e. The second-order valence-electron chi connectivity index (χ2n) is 4.39. The maximum absolute atomic E-state index is 11.7. The summed E-state index contributed by atoms with van der Waals surface area (Å²) in [5.41, 5.74) is 6.86. The number of benzene rings is 1. The van der Waals surface area contributed by atoms with Gasteiger partial charge < -0.3 is 11.1 Å². The third kappa shape index (κ3) is 7.94. The normalized spacial score (nSPS) is 9.90. The molecule has 1 rings (SSSR count). The van der Waals surface area contributed by atoms with Crippen LogP contribution in [-0.2, 0) is 11.2 Å². The molecule has 0 radical (unpaired) electrons.